The van der Waals surface area contributed by atoms with Crippen molar-refractivity contribution < 1.29 is 19.4 Å². The van der Waals surface area contributed by atoms with Crippen LogP contribution in [0.15, 0.2) is 0 Å². The first kappa shape index (κ1) is 14.1. The SMILES string of the molecule is CCOC1CC(NC(=O)N2CCCC2(C)C(=O)O)C1. The van der Waals surface area contributed by atoms with Crippen LogP contribution >= 0.6 is 0 Å². The molecule has 1 atom stereocenters. The zero-order valence-electron chi connectivity index (χ0n) is 11.5. The fraction of sp³-hybridized carbons (Fsp3) is 0.846. The van der Waals surface area contributed by atoms with Crippen LogP contribution in [-0.2, 0) is 9.53 Å². The third kappa shape index (κ3) is 2.68. The fourth-order valence-electron chi connectivity index (χ4n) is 2.82. The lowest BCUT2D eigenvalue weighted by Crippen LogP contribution is -2.58. The lowest BCUT2D eigenvalue weighted by molar-refractivity contribution is -0.147. The van der Waals surface area contributed by atoms with E-state index < -0.39 is 11.5 Å². The Bertz CT molecular complexity index is 368. The summed E-state index contributed by atoms with van der Waals surface area (Å²) in [7, 11) is 0. The molecule has 2 N–H and O–H groups in total. The van der Waals surface area contributed by atoms with Gasteiger partial charge in [-0.05, 0) is 39.5 Å². The standard InChI is InChI=1S/C13H22N2O4/c1-3-19-10-7-9(8-10)14-12(18)15-6-4-5-13(15,2)11(16)17/h9-10H,3-8H2,1-2H3,(H,14,18)(H,16,17). The molecule has 0 bridgehead atoms. The predicted molar refractivity (Wildman–Crippen MR) is 68.9 cm³/mol. The van der Waals surface area contributed by atoms with Crippen LogP contribution in [0.2, 0.25) is 0 Å². The molecule has 6 nitrogen and oxygen atoms in total. The number of urea groups is 1. The molecule has 6 heteroatoms. The summed E-state index contributed by atoms with van der Waals surface area (Å²) in [6.45, 7) is 4.77. The molecular formula is C13H22N2O4. The van der Waals surface area contributed by atoms with Gasteiger partial charge in [-0.2, -0.15) is 0 Å². The van der Waals surface area contributed by atoms with E-state index in [9.17, 15) is 14.7 Å². The van der Waals surface area contributed by atoms with Gasteiger partial charge in [0.1, 0.15) is 5.54 Å². The highest BCUT2D eigenvalue weighted by Crippen LogP contribution is 2.30. The van der Waals surface area contributed by atoms with Crippen molar-refractivity contribution in [2.24, 2.45) is 0 Å². The lowest BCUT2D eigenvalue weighted by Gasteiger charge is -2.38. The van der Waals surface area contributed by atoms with Gasteiger partial charge in [-0.15, -0.1) is 0 Å². The summed E-state index contributed by atoms with van der Waals surface area (Å²) in [4.78, 5) is 24.9. The Hall–Kier alpha value is -1.30. The van der Waals surface area contributed by atoms with E-state index in [4.69, 9.17) is 4.74 Å². The molecule has 2 fully saturated rings. The zero-order valence-corrected chi connectivity index (χ0v) is 11.5. The van der Waals surface area contributed by atoms with E-state index in [1.54, 1.807) is 6.92 Å². The van der Waals surface area contributed by atoms with E-state index in [2.05, 4.69) is 5.32 Å². The predicted octanol–water partition coefficient (Wildman–Crippen LogP) is 1.20. The summed E-state index contributed by atoms with van der Waals surface area (Å²) >= 11 is 0. The molecule has 0 aromatic heterocycles. The molecule has 1 heterocycles. The normalized spacial score (nSPS) is 33.9. The highest BCUT2D eigenvalue weighted by Gasteiger charge is 2.46. The molecule has 1 aliphatic heterocycles. The summed E-state index contributed by atoms with van der Waals surface area (Å²) in [6.07, 6.45) is 3.12. The third-order valence-corrected chi connectivity index (χ3v) is 4.17. The number of ether oxygens (including phenoxy) is 1. The van der Waals surface area contributed by atoms with Gasteiger partial charge in [0, 0.05) is 19.2 Å². The fourth-order valence-corrected chi connectivity index (χ4v) is 2.82. The van der Waals surface area contributed by atoms with Gasteiger partial charge in [0.25, 0.3) is 0 Å². The van der Waals surface area contributed by atoms with Crippen LogP contribution in [0.5, 0.6) is 0 Å². The van der Waals surface area contributed by atoms with Crippen molar-refractivity contribution >= 4 is 12.0 Å². The Labute approximate surface area is 113 Å². The van der Waals surface area contributed by atoms with Gasteiger partial charge in [-0.3, -0.25) is 0 Å². The number of nitrogens with one attached hydrogen (secondary N) is 1. The first-order valence-corrected chi connectivity index (χ1v) is 6.90. The molecule has 1 saturated carbocycles. The van der Waals surface area contributed by atoms with Gasteiger partial charge in [0.15, 0.2) is 0 Å². The van der Waals surface area contributed by atoms with Crippen LogP contribution in [0.25, 0.3) is 0 Å². The highest BCUT2D eigenvalue weighted by molar-refractivity contribution is 5.86. The lowest BCUT2D eigenvalue weighted by atomic mass is 9.89. The Morgan fingerprint density at radius 3 is 2.74 bits per heavy atom. The molecule has 108 valence electrons. The number of carbonyl (C=O) groups is 2. The van der Waals surface area contributed by atoms with Gasteiger partial charge < -0.3 is 20.1 Å². The summed E-state index contributed by atoms with van der Waals surface area (Å²) in [5.74, 6) is -0.930. The van der Waals surface area contributed by atoms with E-state index in [0.717, 1.165) is 19.3 Å². The summed E-state index contributed by atoms with van der Waals surface area (Å²) in [6, 6.07) is -0.148. The third-order valence-electron chi connectivity index (χ3n) is 4.17. The maximum atomic E-state index is 12.1. The number of carboxylic acids is 1. The second kappa shape index (κ2) is 5.36. The summed E-state index contributed by atoms with van der Waals surface area (Å²) < 4.78 is 5.44. The van der Waals surface area contributed by atoms with Crippen molar-refractivity contribution in [2.75, 3.05) is 13.2 Å². The minimum Gasteiger partial charge on any atom is -0.480 e. The first-order valence-electron chi connectivity index (χ1n) is 6.90. The van der Waals surface area contributed by atoms with Crippen molar-refractivity contribution in [3.05, 3.63) is 0 Å². The Morgan fingerprint density at radius 2 is 2.16 bits per heavy atom. The van der Waals surface area contributed by atoms with E-state index in [0.29, 0.717) is 19.6 Å². The molecule has 0 spiro atoms. The van der Waals surface area contributed by atoms with Gasteiger partial charge in [0.2, 0.25) is 0 Å². The van der Waals surface area contributed by atoms with Crippen molar-refractivity contribution in [3.8, 4) is 0 Å². The molecule has 2 amide bonds. The second-order valence-corrected chi connectivity index (χ2v) is 5.53. The molecule has 2 rings (SSSR count). The quantitative estimate of drug-likeness (QED) is 0.804. The number of aliphatic carboxylic acids is 1. The Kier molecular flexibility index (Phi) is 3.99. The maximum absolute atomic E-state index is 12.1. The van der Waals surface area contributed by atoms with Gasteiger partial charge in [-0.25, -0.2) is 9.59 Å². The molecule has 0 aromatic rings. The number of carbonyl (C=O) groups excluding carboxylic acids is 1. The van der Waals surface area contributed by atoms with Crippen molar-refractivity contribution in [2.45, 2.75) is 57.2 Å². The van der Waals surface area contributed by atoms with Crippen LogP contribution in [0, 0.1) is 0 Å². The Morgan fingerprint density at radius 1 is 1.47 bits per heavy atom. The minimum atomic E-state index is -1.06. The molecule has 0 aromatic carbocycles. The average Bonchev–Trinajstić information content (AvgIpc) is 2.70. The molecular weight excluding hydrogens is 248 g/mol. The largest absolute Gasteiger partial charge is 0.480 e. The smallest absolute Gasteiger partial charge is 0.329 e. The summed E-state index contributed by atoms with van der Waals surface area (Å²) in [5.41, 5.74) is -1.06. The number of likely N-dealkylation sites (tertiary alicyclic amines) is 1. The van der Waals surface area contributed by atoms with Gasteiger partial charge >= 0.3 is 12.0 Å². The van der Waals surface area contributed by atoms with Crippen molar-refractivity contribution in [1.29, 1.82) is 0 Å². The van der Waals surface area contributed by atoms with Crippen LogP contribution in [0.4, 0.5) is 4.79 Å². The molecule has 1 unspecified atom stereocenters. The monoisotopic (exact) mass is 270 g/mol. The van der Waals surface area contributed by atoms with Crippen LogP contribution in [0.3, 0.4) is 0 Å². The first-order chi connectivity index (χ1) is 8.97. The second-order valence-electron chi connectivity index (χ2n) is 5.53. The van der Waals surface area contributed by atoms with E-state index >= 15 is 0 Å². The molecule has 1 aliphatic carbocycles. The van der Waals surface area contributed by atoms with Crippen molar-refractivity contribution in [1.82, 2.24) is 10.2 Å². The highest BCUT2D eigenvalue weighted by atomic mass is 16.5. The average molecular weight is 270 g/mol. The van der Waals surface area contributed by atoms with E-state index in [1.807, 2.05) is 6.92 Å². The maximum Gasteiger partial charge on any atom is 0.329 e. The topological polar surface area (TPSA) is 78.9 Å². The van der Waals surface area contributed by atoms with Crippen LogP contribution in [0.1, 0.15) is 39.5 Å². The summed E-state index contributed by atoms with van der Waals surface area (Å²) in [5, 5.41) is 12.2. The van der Waals surface area contributed by atoms with Crippen molar-refractivity contribution in [3.63, 3.8) is 0 Å². The number of amides is 2. The molecule has 0 radical (unpaired) electrons. The zero-order chi connectivity index (χ0) is 14.0. The Balaban J connectivity index is 1.85. The molecule has 1 saturated heterocycles. The molecule has 2 aliphatic rings. The molecule has 19 heavy (non-hydrogen) atoms. The number of carboxylic acid groups (broad SMARTS) is 1. The minimum absolute atomic E-state index is 0.114. The van der Waals surface area contributed by atoms with Gasteiger partial charge in [0.05, 0.1) is 6.10 Å². The number of hydrogen-bond donors (Lipinski definition) is 2. The number of rotatable bonds is 4. The number of hydrogen-bond acceptors (Lipinski definition) is 3. The van der Waals surface area contributed by atoms with Gasteiger partial charge in [-0.1, -0.05) is 0 Å². The van der Waals surface area contributed by atoms with Crippen LogP contribution < -0.4 is 5.32 Å². The van der Waals surface area contributed by atoms with E-state index in [1.165, 1.54) is 4.90 Å². The number of nitrogens with zero attached hydrogens (tertiary/aromatic N) is 1. The van der Waals surface area contributed by atoms with E-state index in [-0.39, 0.29) is 18.2 Å². The van der Waals surface area contributed by atoms with Crippen LogP contribution in [-0.4, -0.2) is 52.8 Å².